The summed E-state index contributed by atoms with van der Waals surface area (Å²) in [4.78, 5) is 32.1. The van der Waals surface area contributed by atoms with Gasteiger partial charge in [0.25, 0.3) is 5.91 Å². The van der Waals surface area contributed by atoms with E-state index in [9.17, 15) is 9.59 Å². The van der Waals surface area contributed by atoms with Crippen LogP contribution in [0.1, 0.15) is 23.2 Å². The number of rotatable bonds is 8. The molecule has 1 saturated carbocycles. The Balaban J connectivity index is 1.05. The fraction of sp³-hybridized carbons (Fsp3) is 0.273. The average molecular weight is 566 g/mol. The highest BCUT2D eigenvalue weighted by atomic mass is 35.5. The maximum atomic E-state index is 13.2. The van der Waals surface area contributed by atoms with Gasteiger partial charge in [-0.25, -0.2) is 0 Å². The van der Waals surface area contributed by atoms with Crippen LogP contribution in [0.4, 0.5) is 5.82 Å². The molecular formula is C33H32ClN5O2. The van der Waals surface area contributed by atoms with Crippen LogP contribution in [0.25, 0.3) is 22.4 Å². The number of halogens is 1. The molecule has 41 heavy (non-hydrogen) atoms. The summed E-state index contributed by atoms with van der Waals surface area (Å²) in [5, 5.41) is 9.38. The molecule has 2 fully saturated rings. The number of hydrogen-bond acceptors (Lipinski definition) is 5. The number of benzene rings is 3. The first-order valence-electron chi connectivity index (χ1n) is 14.1. The largest absolute Gasteiger partial charge is 0.352 e. The minimum absolute atomic E-state index is 0.0360. The van der Waals surface area contributed by atoms with Crippen molar-refractivity contribution in [3.05, 3.63) is 102 Å². The third-order valence-electron chi connectivity index (χ3n) is 7.79. The molecular weight excluding hydrogens is 534 g/mol. The van der Waals surface area contributed by atoms with Gasteiger partial charge in [0.2, 0.25) is 5.91 Å². The van der Waals surface area contributed by atoms with E-state index in [-0.39, 0.29) is 18.4 Å². The van der Waals surface area contributed by atoms with Crippen LogP contribution in [-0.2, 0) is 4.79 Å². The molecule has 6 rings (SSSR count). The Morgan fingerprint density at radius 1 is 0.756 bits per heavy atom. The van der Waals surface area contributed by atoms with E-state index >= 15 is 0 Å². The van der Waals surface area contributed by atoms with Crippen LogP contribution in [0.3, 0.4) is 0 Å². The molecule has 0 unspecified atom stereocenters. The summed E-state index contributed by atoms with van der Waals surface area (Å²) in [6.45, 7) is 3.12. The fourth-order valence-corrected chi connectivity index (χ4v) is 5.41. The van der Waals surface area contributed by atoms with Crippen molar-refractivity contribution in [2.24, 2.45) is 5.92 Å². The highest BCUT2D eigenvalue weighted by molar-refractivity contribution is 6.33. The van der Waals surface area contributed by atoms with Gasteiger partial charge in [-0.05, 0) is 54.2 Å². The summed E-state index contributed by atoms with van der Waals surface area (Å²) >= 11 is 6.29. The quantitative estimate of drug-likeness (QED) is 0.275. The molecule has 0 N–H and O–H groups in total. The molecule has 1 saturated heterocycles. The Bertz CT molecular complexity index is 1500. The average Bonchev–Trinajstić information content (AvgIpc) is 3.85. The van der Waals surface area contributed by atoms with Gasteiger partial charge < -0.3 is 14.7 Å². The number of aromatic nitrogens is 2. The predicted molar refractivity (Wildman–Crippen MR) is 162 cm³/mol. The molecule has 0 bridgehead atoms. The molecule has 2 aliphatic rings. The number of piperazine rings is 1. The maximum Gasteiger partial charge on any atom is 0.255 e. The van der Waals surface area contributed by atoms with Crippen LogP contribution < -0.4 is 4.90 Å². The molecule has 3 aromatic carbocycles. The standard InChI is InChI=1S/C33H32ClN5O2/c34-29-9-5-4-8-28(29)33(41)39(22-24-10-11-24)23-32(40)38-20-18-37(19-21-38)31-17-16-30(35-36-31)27-14-12-26(13-15-27)25-6-2-1-3-7-25/h1-9,12-17,24H,10-11,18-23H2. The third-order valence-corrected chi connectivity index (χ3v) is 8.12. The monoisotopic (exact) mass is 565 g/mol. The molecule has 1 aromatic heterocycles. The highest BCUT2D eigenvalue weighted by Crippen LogP contribution is 2.31. The molecule has 0 radical (unpaired) electrons. The maximum absolute atomic E-state index is 13.2. The number of carbonyl (C=O) groups is 2. The second kappa shape index (κ2) is 12.1. The van der Waals surface area contributed by atoms with E-state index in [0.29, 0.717) is 49.2 Å². The van der Waals surface area contributed by atoms with Crippen molar-refractivity contribution in [3.63, 3.8) is 0 Å². The number of hydrogen-bond donors (Lipinski definition) is 0. The molecule has 1 aliphatic carbocycles. The van der Waals surface area contributed by atoms with E-state index in [4.69, 9.17) is 11.6 Å². The first kappa shape index (κ1) is 27.0. The lowest BCUT2D eigenvalue weighted by Crippen LogP contribution is -2.52. The Morgan fingerprint density at radius 3 is 2.07 bits per heavy atom. The van der Waals surface area contributed by atoms with Crippen LogP contribution >= 0.6 is 11.6 Å². The van der Waals surface area contributed by atoms with Gasteiger partial charge >= 0.3 is 0 Å². The van der Waals surface area contributed by atoms with Gasteiger partial charge in [0, 0.05) is 38.3 Å². The lowest BCUT2D eigenvalue weighted by atomic mass is 10.0. The molecule has 4 aromatic rings. The Kier molecular flexibility index (Phi) is 7.96. The van der Waals surface area contributed by atoms with E-state index in [1.807, 2.05) is 35.2 Å². The van der Waals surface area contributed by atoms with Gasteiger partial charge in [-0.3, -0.25) is 9.59 Å². The van der Waals surface area contributed by atoms with Crippen LogP contribution in [-0.4, -0.2) is 71.1 Å². The molecule has 1 aliphatic heterocycles. The summed E-state index contributed by atoms with van der Waals surface area (Å²) < 4.78 is 0. The Hall–Kier alpha value is -4.23. The number of nitrogens with zero attached hydrogens (tertiary/aromatic N) is 5. The first-order chi connectivity index (χ1) is 20.0. The molecule has 8 heteroatoms. The van der Waals surface area contributed by atoms with E-state index in [1.54, 1.807) is 29.2 Å². The summed E-state index contributed by atoms with van der Waals surface area (Å²) in [6, 6.07) is 29.6. The predicted octanol–water partition coefficient (Wildman–Crippen LogP) is 5.67. The second-order valence-corrected chi connectivity index (χ2v) is 11.1. The molecule has 0 spiro atoms. The SMILES string of the molecule is O=C(CN(CC1CC1)C(=O)c1ccccc1Cl)N1CCN(c2ccc(-c3ccc(-c4ccccc4)cc3)nn2)CC1. The van der Waals surface area contributed by atoms with Gasteiger partial charge in [-0.15, -0.1) is 10.2 Å². The van der Waals surface area contributed by atoms with Crippen LogP contribution in [0.2, 0.25) is 5.02 Å². The highest BCUT2D eigenvalue weighted by Gasteiger charge is 2.31. The van der Waals surface area contributed by atoms with Crippen molar-refractivity contribution in [1.29, 1.82) is 0 Å². The van der Waals surface area contributed by atoms with Crippen molar-refractivity contribution in [2.75, 3.05) is 44.2 Å². The molecule has 208 valence electrons. The third kappa shape index (κ3) is 6.41. The first-order valence-corrected chi connectivity index (χ1v) is 14.5. The topological polar surface area (TPSA) is 69.6 Å². The van der Waals surface area contributed by atoms with Crippen LogP contribution in [0.5, 0.6) is 0 Å². The fourth-order valence-electron chi connectivity index (χ4n) is 5.20. The minimum atomic E-state index is -0.181. The van der Waals surface area contributed by atoms with E-state index in [0.717, 1.165) is 35.5 Å². The van der Waals surface area contributed by atoms with Crippen molar-refractivity contribution in [2.45, 2.75) is 12.8 Å². The van der Waals surface area contributed by atoms with E-state index in [2.05, 4.69) is 51.5 Å². The zero-order valence-corrected chi connectivity index (χ0v) is 23.6. The van der Waals surface area contributed by atoms with Crippen molar-refractivity contribution in [1.82, 2.24) is 20.0 Å². The van der Waals surface area contributed by atoms with Crippen LogP contribution in [0, 0.1) is 5.92 Å². The van der Waals surface area contributed by atoms with Gasteiger partial charge in [0.1, 0.15) is 6.54 Å². The normalized spacial score (nSPS) is 15.0. The van der Waals surface area contributed by atoms with E-state index in [1.165, 1.54) is 5.56 Å². The van der Waals surface area contributed by atoms with Gasteiger partial charge in [-0.2, -0.15) is 0 Å². The zero-order chi connectivity index (χ0) is 28.2. The van der Waals surface area contributed by atoms with Gasteiger partial charge in [0.15, 0.2) is 5.82 Å². The minimum Gasteiger partial charge on any atom is -0.352 e. The number of anilines is 1. The van der Waals surface area contributed by atoms with Crippen molar-refractivity contribution < 1.29 is 9.59 Å². The van der Waals surface area contributed by atoms with Crippen molar-refractivity contribution in [3.8, 4) is 22.4 Å². The summed E-state index contributed by atoms with van der Waals surface area (Å²) in [5.74, 6) is 1.05. The molecule has 7 nitrogen and oxygen atoms in total. The number of amides is 2. The summed E-state index contributed by atoms with van der Waals surface area (Å²) in [7, 11) is 0. The van der Waals surface area contributed by atoms with Gasteiger partial charge in [-0.1, -0.05) is 78.3 Å². The van der Waals surface area contributed by atoms with Gasteiger partial charge in [0.05, 0.1) is 16.3 Å². The zero-order valence-electron chi connectivity index (χ0n) is 22.8. The lowest BCUT2D eigenvalue weighted by molar-refractivity contribution is -0.132. The lowest BCUT2D eigenvalue weighted by Gasteiger charge is -2.36. The summed E-state index contributed by atoms with van der Waals surface area (Å²) in [5.41, 5.74) is 4.63. The van der Waals surface area contributed by atoms with Crippen LogP contribution in [0.15, 0.2) is 91.0 Å². The molecule has 2 amide bonds. The smallest absolute Gasteiger partial charge is 0.255 e. The second-order valence-electron chi connectivity index (χ2n) is 10.7. The summed E-state index contributed by atoms with van der Waals surface area (Å²) in [6.07, 6.45) is 2.19. The molecule has 2 heterocycles. The Morgan fingerprint density at radius 2 is 1.41 bits per heavy atom. The number of carbonyl (C=O) groups excluding carboxylic acids is 2. The van der Waals surface area contributed by atoms with Crippen molar-refractivity contribution >= 4 is 29.2 Å². The Labute approximate surface area is 245 Å². The molecule has 0 atom stereocenters. The van der Waals surface area contributed by atoms with E-state index < -0.39 is 0 Å².